The van der Waals surface area contributed by atoms with Gasteiger partial charge in [0.05, 0.1) is 5.92 Å². The molecule has 0 bridgehead atoms. The van der Waals surface area contributed by atoms with Crippen molar-refractivity contribution in [3.8, 4) is 0 Å². The molecule has 2 rings (SSSR count). The molecule has 1 aliphatic rings. The van der Waals surface area contributed by atoms with Crippen LogP contribution >= 0.6 is 0 Å². The highest BCUT2D eigenvalue weighted by molar-refractivity contribution is 5.73. The van der Waals surface area contributed by atoms with Crippen LogP contribution in [0.15, 0.2) is 18.2 Å². The fraction of sp³-hybridized carbons (Fsp3) is 0.500. The van der Waals surface area contributed by atoms with Crippen molar-refractivity contribution in [2.75, 3.05) is 0 Å². The molecule has 1 aliphatic carbocycles. The van der Waals surface area contributed by atoms with Crippen LogP contribution in [0.5, 0.6) is 0 Å². The van der Waals surface area contributed by atoms with Crippen molar-refractivity contribution in [2.45, 2.75) is 39.0 Å². The van der Waals surface area contributed by atoms with Gasteiger partial charge in [-0.1, -0.05) is 37.6 Å². The van der Waals surface area contributed by atoms with Crippen molar-refractivity contribution in [2.24, 2.45) is 5.92 Å². The molecule has 1 N–H and O–H groups in total. The molecule has 0 spiro atoms. The number of hydrogen-bond donors (Lipinski definition) is 1. The molecule has 1 aromatic carbocycles. The Kier molecular flexibility index (Phi) is 2.53. The van der Waals surface area contributed by atoms with Crippen LogP contribution < -0.4 is 0 Å². The summed E-state index contributed by atoms with van der Waals surface area (Å²) in [5, 5.41) is 9.27. The second-order valence-corrected chi connectivity index (χ2v) is 5.31. The number of aliphatic carboxylic acids is 1. The molecular weight excluding hydrogens is 200 g/mol. The van der Waals surface area contributed by atoms with Gasteiger partial charge < -0.3 is 5.11 Å². The molecule has 86 valence electrons. The van der Waals surface area contributed by atoms with E-state index in [9.17, 15) is 9.90 Å². The zero-order valence-electron chi connectivity index (χ0n) is 10.1. The first-order chi connectivity index (χ1) is 7.43. The Morgan fingerprint density at radius 3 is 2.75 bits per heavy atom. The first kappa shape index (κ1) is 11.2. The van der Waals surface area contributed by atoms with Crippen molar-refractivity contribution in [3.63, 3.8) is 0 Å². The second-order valence-electron chi connectivity index (χ2n) is 5.31. The Morgan fingerprint density at radius 1 is 1.44 bits per heavy atom. The SMILES string of the molecule is Cc1ccc2c(c1)C(C)(C)C(C(=O)O)CC2. The number of rotatable bonds is 1. The van der Waals surface area contributed by atoms with Gasteiger partial charge in [0, 0.05) is 5.41 Å². The fourth-order valence-electron chi connectivity index (χ4n) is 2.79. The van der Waals surface area contributed by atoms with Crippen LogP contribution in [0.25, 0.3) is 0 Å². The number of carboxylic acids is 1. The Morgan fingerprint density at radius 2 is 2.12 bits per heavy atom. The quantitative estimate of drug-likeness (QED) is 0.787. The molecule has 1 aromatic rings. The van der Waals surface area contributed by atoms with Gasteiger partial charge in [-0.15, -0.1) is 0 Å². The predicted molar refractivity (Wildman–Crippen MR) is 63.7 cm³/mol. The summed E-state index contributed by atoms with van der Waals surface area (Å²) < 4.78 is 0. The molecule has 16 heavy (non-hydrogen) atoms. The van der Waals surface area contributed by atoms with E-state index in [4.69, 9.17) is 0 Å². The highest BCUT2D eigenvalue weighted by Gasteiger charge is 2.40. The van der Waals surface area contributed by atoms with Crippen molar-refractivity contribution in [3.05, 3.63) is 34.9 Å². The van der Waals surface area contributed by atoms with E-state index in [0.717, 1.165) is 12.8 Å². The largest absolute Gasteiger partial charge is 0.481 e. The summed E-state index contributed by atoms with van der Waals surface area (Å²) in [5.74, 6) is -0.932. The minimum absolute atomic E-state index is 0.258. The highest BCUT2D eigenvalue weighted by Crippen LogP contribution is 2.41. The Bertz CT molecular complexity index is 432. The van der Waals surface area contributed by atoms with E-state index in [1.807, 2.05) is 13.8 Å². The van der Waals surface area contributed by atoms with Crippen LogP contribution in [0.2, 0.25) is 0 Å². The topological polar surface area (TPSA) is 37.3 Å². The number of aryl methyl sites for hydroxylation is 2. The number of fused-ring (bicyclic) bond motifs is 1. The smallest absolute Gasteiger partial charge is 0.307 e. The predicted octanol–water partition coefficient (Wildman–Crippen LogP) is 2.92. The maximum atomic E-state index is 11.3. The van der Waals surface area contributed by atoms with Crippen molar-refractivity contribution in [1.82, 2.24) is 0 Å². The summed E-state index contributed by atoms with van der Waals surface area (Å²) in [6.07, 6.45) is 1.63. The zero-order chi connectivity index (χ0) is 11.9. The average molecular weight is 218 g/mol. The standard InChI is InChI=1S/C14H18O2/c1-9-4-5-10-6-7-11(13(15)16)14(2,3)12(10)8-9/h4-5,8,11H,6-7H2,1-3H3,(H,15,16). The molecule has 2 nitrogen and oxygen atoms in total. The molecule has 0 fully saturated rings. The van der Waals surface area contributed by atoms with Gasteiger partial charge in [-0.05, 0) is 30.9 Å². The van der Waals surface area contributed by atoms with E-state index in [-0.39, 0.29) is 11.3 Å². The summed E-state index contributed by atoms with van der Waals surface area (Å²) in [5.41, 5.74) is 3.47. The maximum Gasteiger partial charge on any atom is 0.307 e. The summed E-state index contributed by atoms with van der Waals surface area (Å²) in [6, 6.07) is 6.39. The molecule has 1 atom stereocenters. The van der Waals surface area contributed by atoms with Gasteiger partial charge in [-0.2, -0.15) is 0 Å². The Labute approximate surface area is 96.3 Å². The first-order valence-electron chi connectivity index (χ1n) is 5.75. The average Bonchev–Trinajstić information content (AvgIpc) is 2.18. The van der Waals surface area contributed by atoms with Crippen LogP contribution in [0.4, 0.5) is 0 Å². The third-order valence-corrected chi connectivity index (χ3v) is 3.83. The molecule has 0 aromatic heterocycles. The van der Waals surface area contributed by atoms with E-state index in [0.29, 0.717) is 0 Å². The normalized spacial score (nSPS) is 22.6. The molecule has 0 saturated carbocycles. The van der Waals surface area contributed by atoms with E-state index in [2.05, 4.69) is 25.1 Å². The number of carbonyl (C=O) groups is 1. The molecule has 0 amide bonds. The van der Waals surface area contributed by atoms with Crippen LogP contribution in [0.3, 0.4) is 0 Å². The first-order valence-corrected chi connectivity index (χ1v) is 5.75. The lowest BCUT2D eigenvalue weighted by atomic mass is 9.65. The lowest BCUT2D eigenvalue weighted by Crippen LogP contribution is -2.39. The van der Waals surface area contributed by atoms with E-state index in [1.54, 1.807) is 0 Å². The van der Waals surface area contributed by atoms with Crippen molar-refractivity contribution >= 4 is 5.97 Å². The van der Waals surface area contributed by atoms with Gasteiger partial charge >= 0.3 is 5.97 Å². The lowest BCUT2D eigenvalue weighted by molar-refractivity contribution is -0.144. The van der Waals surface area contributed by atoms with Gasteiger partial charge in [-0.3, -0.25) is 4.79 Å². The molecule has 0 aliphatic heterocycles. The van der Waals surface area contributed by atoms with Crippen LogP contribution in [-0.4, -0.2) is 11.1 Å². The van der Waals surface area contributed by atoms with Gasteiger partial charge in [-0.25, -0.2) is 0 Å². The summed E-state index contributed by atoms with van der Waals surface area (Å²) >= 11 is 0. The monoisotopic (exact) mass is 218 g/mol. The minimum atomic E-state index is -0.669. The van der Waals surface area contributed by atoms with E-state index in [1.165, 1.54) is 16.7 Å². The highest BCUT2D eigenvalue weighted by atomic mass is 16.4. The van der Waals surface area contributed by atoms with Crippen LogP contribution in [0.1, 0.15) is 37.0 Å². The van der Waals surface area contributed by atoms with Gasteiger partial charge in [0.25, 0.3) is 0 Å². The summed E-state index contributed by atoms with van der Waals surface area (Å²) in [6.45, 7) is 6.15. The molecule has 0 heterocycles. The van der Waals surface area contributed by atoms with E-state index >= 15 is 0 Å². The Hall–Kier alpha value is -1.31. The van der Waals surface area contributed by atoms with Crippen LogP contribution in [-0.2, 0) is 16.6 Å². The van der Waals surface area contributed by atoms with Gasteiger partial charge in [0.1, 0.15) is 0 Å². The minimum Gasteiger partial charge on any atom is -0.481 e. The molecule has 0 saturated heterocycles. The summed E-state index contributed by atoms with van der Waals surface area (Å²) in [4.78, 5) is 11.3. The van der Waals surface area contributed by atoms with Crippen molar-refractivity contribution < 1.29 is 9.90 Å². The zero-order valence-corrected chi connectivity index (χ0v) is 10.1. The van der Waals surface area contributed by atoms with Gasteiger partial charge in [0.15, 0.2) is 0 Å². The molecule has 1 unspecified atom stereocenters. The van der Waals surface area contributed by atoms with Crippen LogP contribution in [0, 0.1) is 12.8 Å². The number of carboxylic acid groups (broad SMARTS) is 1. The van der Waals surface area contributed by atoms with E-state index < -0.39 is 5.97 Å². The maximum absolute atomic E-state index is 11.3. The third kappa shape index (κ3) is 1.62. The molecular formula is C14H18O2. The molecule has 2 heteroatoms. The number of benzene rings is 1. The Balaban J connectivity index is 2.53. The van der Waals surface area contributed by atoms with Crippen molar-refractivity contribution in [1.29, 1.82) is 0 Å². The second kappa shape index (κ2) is 3.62. The van der Waals surface area contributed by atoms with Gasteiger partial charge in [0.2, 0.25) is 0 Å². The third-order valence-electron chi connectivity index (χ3n) is 3.83. The molecule has 0 radical (unpaired) electrons. The summed E-state index contributed by atoms with van der Waals surface area (Å²) in [7, 11) is 0. The fourth-order valence-corrected chi connectivity index (χ4v) is 2.79. The number of hydrogen-bond acceptors (Lipinski definition) is 1. The lowest BCUT2D eigenvalue weighted by Gasteiger charge is -2.38.